The van der Waals surface area contributed by atoms with E-state index in [4.69, 9.17) is 17.2 Å². The molecule has 0 atom stereocenters. The molecule has 0 bridgehead atoms. The normalized spacial score (nSPS) is 22.0. The van der Waals surface area contributed by atoms with Gasteiger partial charge in [0.25, 0.3) is 11.5 Å². The van der Waals surface area contributed by atoms with Crippen LogP contribution in [0.1, 0.15) is 75.3 Å². The third-order valence-corrected chi connectivity index (χ3v) is 8.32. The van der Waals surface area contributed by atoms with Gasteiger partial charge >= 0.3 is 0 Å². The van der Waals surface area contributed by atoms with Crippen molar-refractivity contribution in [2.24, 2.45) is 0 Å². The molecule has 2 saturated carbocycles. The first-order chi connectivity index (χ1) is 16.0. The van der Waals surface area contributed by atoms with Crippen molar-refractivity contribution in [3.63, 3.8) is 0 Å². The van der Waals surface area contributed by atoms with Gasteiger partial charge < -0.3 is 5.32 Å². The summed E-state index contributed by atoms with van der Waals surface area (Å²) in [6.45, 7) is 1.95. The fourth-order valence-corrected chi connectivity index (χ4v) is 6.59. The predicted octanol–water partition coefficient (Wildman–Crippen LogP) is 5.28. The van der Waals surface area contributed by atoms with Gasteiger partial charge in [-0.2, -0.15) is 0 Å². The summed E-state index contributed by atoms with van der Waals surface area (Å²) < 4.78 is 2.18. The van der Waals surface area contributed by atoms with Crippen molar-refractivity contribution in [3.8, 4) is 0 Å². The fraction of sp³-hybridized carbons (Fsp3) is 0.520. The average molecular weight is 483 g/mol. The van der Waals surface area contributed by atoms with Crippen LogP contribution in [0.2, 0.25) is 0 Å². The Bertz CT molecular complexity index is 1180. The number of carbonyl (C=O) groups excluding carboxylic acids is 1. The van der Waals surface area contributed by atoms with Crippen molar-refractivity contribution in [1.82, 2.24) is 14.3 Å². The summed E-state index contributed by atoms with van der Waals surface area (Å²) in [5, 5.41) is 3.54. The van der Waals surface area contributed by atoms with Crippen molar-refractivity contribution in [1.29, 1.82) is 0 Å². The van der Waals surface area contributed by atoms with E-state index in [0.717, 1.165) is 44.1 Å². The Kier molecular flexibility index (Phi) is 6.56. The van der Waals surface area contributed by atoms with Crippen LogP contribution in [-0.4, -0.2) is 36.6 Å². The molecule has 1 amide bonds. The van der Waals surface area contributed by atoms with Crippen molar-refractivity contribution in [2.75, 3.05) is 5.32 Å². The Morgan fingerprint density at radius 1 is 1.06 bits per heavy atom. The third-order valence-electron chi connectivity index (χ3n) is 6.99. The van der Waals surface area contributed by atoms with Crippen molar-refractivity contribution in [2.45, 2.75) is 83.2 Å². The van der Waals surface area contributed by atoms with E-state index in [9.17, 15) is 9.59 Å². The summed E-state index contributed by atoms with van der Waals surface area (Å²) in [5.74, 6) is 0.493. The first kappa shape index (κ1) is 22.6. The Hall–Kier alpha value is -2.19. The third kappa shape index (κ3) is 4.60. The molecule has 0 unspecified atom stereocenters. The topological polar surface area (TPSA) is 66.7 Å². The van der Waals surface area contributed by atoms with Gasteiger partial charge in [0.2, 0.25) is 0 Å². The number of fused-ring (bicyclic) bond motifs is 1. The lowest BCUT2D eigenvalue weighted by molar-refractivity contribution is -0.124. The largest absolute Gasteiger partial charge is 0.367 e. The lowest BCUT2D eigenvalue weighted by Gasteiger charge is -2.29. The van der Waals surface area contributed by atoms with Crippen LogP contribution in [0.5, 0.6) is 0 Å². The minimum absolute atomic E-state index is 0.0748. The lowest BCUT2D eigenvalue weighted by Crippen LogP contribution is -2.39. The smallest absolute Gasteiger partial charge is 0.267 e. The number of rotatable bonds is 4. The second-order valence-electron chi connectivity index (χ2n) is 9.44. The van der Waals surface area contributed by atoms with E-state index in [1.54, 1.807) is 21.6 Å². The molecule has 1 aliphatic heterocycles. The lowest BCUT2D eigenvalue weighted by atomic mass is 9.94. The Morgan fingerprint density at radius 2 is 1.76 bits per heavy atom. The van der Waals surface area contributed by atoms with E-state index >= 15 is 0 Å². The SMILES string of the molecule is Cc1ccc2nc(NC3CCCCC3)c(C=C3SC(=S)N(C4CCCCC4)C3=O)c(=O)n2c1. The van der Waals surface area contributed by atoms with Crippen LogP contribution < -0.4 is 10.9 Å². The predicted molar refractivity (Wildman–Crippen MR) is 139 cm³/mol. The van der Waals surface area contributed by atoms with E-state index in [0.29, 0.717) is 32.3 Å². The summed E-state index contributed by atoms with van der Waals surface area (Å²) in [7, 11) is 0. The zero-order chi connectivity index (χ0) is 22.9. The monoisotopic (exact) mass is 482 g/mol. The molecule has 1 saturated heterocycles. The number of aryl methyl sites for hydroxylation is 1. The number of pyridine rings is 1. The highest BCUT2D eigenvalue weighted by Gasteiger charge is 2.37. The zero-order valence-corrected chi connectivity index (χ0v) is 20.6. The molecule has 0 spiro atoms. The first-order valence-corrected chi connectivity index (χ1v) is 13.3. The second-order valence-corrected chi connectivity index (χ2v) is 11.1. The second kappa shape index (κ2) is 9.58. The number of aromatic nitrogens is 2. The highest BCUT2D eigenvalue weighted by atomic mass is 32.2. The highest BCUT2D eigenvalue weighted by Crippen LogP contribution is 2.37. The van der Waals surface area contributed by atoms with E-state index in [2.05, 4.69) is 5.32 Å². The molecular weight excluding hydrogens is 452 g/mol. The van der Waals surface area contributed by atoms with Gasteiger partial charge in [0.1, 0.15) is 15.8 Å². The molecule has 1 N–H and O–H groups in total. The Balaban J connectivity index is 1.55. The number of thioether (sulfide) groups is 1. The van der Waals surface area contributed by atoms with Crippen molar-refractivity contribution in [3.05, 3.63) is 44.7 Å². The molecule has 6 nitrogen and oxygen atoms in total. The van der Waals surface area contributed by atoms with Gasteiger partial charge in [-0.1, -0.05) is 68.6 Å². The fourth-order valence-electron chi connectivity index (χ4n) is 5.20. The number of thiocarbonyl (C=S) groups is 1. The van der Waals surface area contributed by atoms with Crippen LogP contribution in [0.4, 0.5) is 5.82 Å². The number of hydrogen-bond acceptors (Lipinski definition) is 6. The van der Waals surface area contributed by atoms with Gasteiger partial charge in [-0.3, -0.25) is 18.9 Å². The molecule has 0 aromatic carbocycles. The molecule has 3 heterocycles. The van der Waals surface area contributed by atoms with Crippen LogP contribution in [0.25, 0.3) is 11.7 Å². The number of carbonyl (C=O) groups is 1. The molecular formula is C25H30N4O2S2. The number of amides is 1. The minimum atomic E-state index is -0.162. The molecule has 2 aromatic heterocycles. The molecule has 33 heavy (non-hydrogen) atoms. The van der Waals surface area contributed by atoms with E-state index in [1.165, 1.54) is 37.4 Å². The quantitative estimate of drug-likeness (QED) is 0.472. The van der Waals surface area contributed by atoms with Crippen LogP contribution >= 0.6 is 24.0 Å². The molecule has 2 aromatic rings. The first-order valence-electron chi connectivity index (χ1n) is 12.1. The van der Waals surface area contributed by atoms with Gasteiger partial charge in [-0.05, 0) is 50.3 Å². The average Bonchev–Trinajstić information content (AvgIpc) is 3.11. The number of nitrogens with one attached hydrogen (secondary N) is 1. The zero-order valence-electron chi connectivity index (χ0n) is 19.0. The van der Waals surface area contributed by atoms with Gasteiger partial charge in [-0.25, -0.2) is 4.98 Å². The standard InChI is InChI=1S/C25H30N4O2S2/c1-16-12-13-21-27-22(26-17-8-4-2-5-9-17)19(23(30)28(21)15-16)14-20-24(31)29(25(32)33-20)18-10-6-3-7-11-18/h12-15,17-18,26H,2-11H2,1H3. The summed E-state index contributed by atoms with van der Waals surface area (Å²) >= 11 is 6.90. The van der Waals surface area contributed by atoms with Gasteiger partial charge in [0.15, 0.2) is 0 Å². The van der Waals surface area contributed by atoms with E-state index in [-0.39, 0.29) is 17.5 Å². The Morgan fingerprint density at radius 3 is 2.48 bits per heavy atom. The van der Waals surface area contributed by atoms with Crippen LogP contribution in [0.15, 0.2) is 28.0 Å². The minimum Gasteiger partial charge on any atom is -0.367 e. The van der Waals surface area contributed by atoms with Crippen molar-refractivity contribution >= 4 is 51.7 Å². The number of anilines is 1. The van der Waals surface area contributed by atoms with E-state index < -0.39 is 0 Å². The summed E-state index contributed by atoms with van der Waals surface area (Å²) in [6, 6.07) is 4.30. The summed E-state index contributed by atoms with van der Waals surface area (Å²) in [6.07, 6.45) is 14.7. The van der Waals surface area contributed by atoms with Crippen LogP contribution in [0.3, 0.4) is 0 Å². The summed E-state index contributed by atoms with van der Waals surface area (Å²) in [4.78, 5) is 34.0. The van der Waals surface area contributed by atoms with E-state index in [1.807, 2.05) is 19.1 Å². The molecule has 174 valence electrons. The van der Waals surface area contributed by atoms with Gasteiger partial charge in [-0.15, -0.1) is 0 Å². The van der Waals surface area contributed by atoms with Crippen LogP contribution in [0, 0.1) is 6.92 Å². The Labute approximate surface area is 203 Å². The molecule has 2 aliphatic carbocycles. The maximum atomic E-state index is 13.6. The molecule has 3 fully saturated rings. The molecule has 5 rings (SSSR count). The molecule has 0 radical (unpaired) electrons. The number of hydrogen-bond donors (Lipinski definition) is 1. The summed E-state index contributed by atoms with van der Waals surface area (Å²) in [5.41, 5.74) is 1.86. The number of nitrogens with zero attached hydrogens (tertiary/aromatic N) is 3. The van der Waals surface area contributed by atoms with Gasteiger partial charge in [0, 0.05) is 18.3 Å². The van der Waals surface area contributed by atoms with Crippen molar-refractivity contribution < 1.29 is 4.79 Å². The molecule has 8 heteroatoms. The van der Waals surface area contributed by atoms with Crippen LogP contribution in [-0.2, 0) is 4.79 Å². The van der Waals surface area contributed by atoms with Gasteiger partial charge in [0.05, 0.1) is 10.5 Å². The highest BCUT2D eigenvalue weighted by molar-refractivity contribution is 8.26. The maximum absolute atomic E-state index is 13.6. The maximum Gasteiger partial charge on any atom is 0.267 e. The molecule has 3 aliphatic rings.